The second kappa shape index (κ2) is 9.76. The van der Waals surface area contributed by atoms with Gasteiger partial charge in [0.05, 0.1) is 6.54 Å². The molecule has 0 N–H and O–H groups in total. The van der Waals surface area contributed by atoms with Crippen LogP contribution in [-0.4, -0.2) is 97.2 Å². The van der Waals surface area contributed by atoms with Crippen LogP contribution in [0.5, 0.6) is 11.5 Å². The molecule has 3 fully saturated rings. The maximum Gasteiger partial charge on any atom is 0.236 e. The largest absolute Gasteiger partial charge is 0.454 e. The number of fused-ring (bicyclic) bond motifs is 1. The van der Waals surface area contributed by atoms with Crippen molar-refractivity contribution in [3.05, 3.63) is 23.8 Å². The van der Waals surface area contributed by atoms with Gasteiger partial charge >= 0.3 is 0 Å². The van der Waals surface area contributed by atoms with Crippen LogP contribution in [0.3, 0.4) is 0 Å². The lowest BCUT2D eigenvalue weighted by Crippen LogP contribution is -2.56. The highest BCUT2D eigenvalue weighted by Gasteiger charge is 2.30. The van der Waals surface area contributed by atoms with Gasteiger partial charge < -0.3 is 14.4 Å². The first kappa shape index (κ1) is 21.0. The highest BCUT2D eigenvalue weighted by atomic mass is 16.7. The maximum atomic E-state index is 12.9. The molecule has 4 aliphatic rings. The normalized spacial score (nSPS) is 25.7. The minimum absolute atomic E-state index is 0.330. The number of nitrogens with zero attached hydrogens (tertiary/aromatic N) is 4. The number of rotatable bonds is 5. The number of hydrogen-bond acceptors (Lipinski definition) is 6. The lowest BCUT2D eigenvalue weighted by molar-refractivity contribution is -0.135. The van der Waals surface area contributed by atoms with Crippen LogP contribution in [0, 0.1) is 0 Å². The number of likely N-dealkylation sites (tertiary alicyclic amines) is 2. The Hall–Kier alpha value is -1.83. The number of amides is 1. The van der Waals surface area contributed by atoms with Crippen LogP contribution in [-0.2, 0) is 11.3 Å². The number of benzene rings is 1. The van der Waals surface area contributed by atoms with Gasteiger partial charge in [-0.1, -0.05) is 12.5 Å². The summed E-state index contributed by atoms with van der Waals surface area (Å²) in [6.07, 6.45) is 6.15. The highest BCUT2D eigenvalue weighted by Crippen LogP contribution is 2.33. The van der Waals surface area contributed by atoms with E-state index in [2.05, 4.69) is 31.7 Å². The maximum absolute atomic E-state index is 12.9. The Morgan fingerprint density at radius 2 is 1.68 bits per heavy atom. The molecule has 4 aliphatic heterocycles. The Kier molecular flexibility index (Phi) is 6.62. The predicted molar refractivity (Wildman–Crippen MR) is 119 cm³/mol. The van der Waals surface area contributed by atoms with Crippen molar-refractivity contribution in [1.82, 2.24) is 19.6 Å². The average molecular weight is 429 g/mol. The molecule has 31 heavy (non-hydrogen) atoms. The first-order valence-electron chi connectivity index (χ1n) is 12.1. The quantitative estimate of drug-likeness (QED) is 0.715. The first-order valence-corrected chi connectivity index (χ1v) is 12.1. The van der Waals surface area contributed by atoms with E-state index in [1.54, 1.807) is 0 Å². The van der Waals surface area contributed by atoms with Gasteiger partial charge in [-0.3, -0.25) is 19.5 Å². The van der Waals surface area contributed by atoms with E-state index in [1.165, 1.54) is 31.2 Å². The van der Waals surface area contributed by atoms with E-state index in [9.17, 15) is 4.79 Å². The molecule has 0 spiro atoms. The molecule has 1 atom stereocenters. The van der Waals surface area contributed by atoms with E-state index >= 15 is 0 Å². The minimum atomic E-state index is 0.330. The molecule has 0 saturated carbocycles. The summed E-state index contributed by atoms with van der Waals surface area (Å²) in [4.78, 5) is 22.5. The van der Waals surface area contributed by atoms with Gasteiger partial charge in [-0.05, 0) is 56.5 Å². The third kappa shape index (κ3) is 5.16. The van der Waals surface area contributed by atoms with Crippen molar-refractivity contribution >= 4 is 5.91 Å². The zero-order valence-electron chi connectivity index (χ0n) is 18.6. The first-order chi connectivity index (χ1) is 15.2. The lowest BCUT2D eigenvalue weighted by atomic mass is 10.0. The molecule has 1 aromatic rings. The smallest absolute Gasteiger partial charge is 0.236 e. The fraction of sp³-hybridized carbons (Fsp3) is 0.708. The molecule has 4 heterocycles. The van der Waals surface area contributed by atoms with Crippen LogP contribution in [0.4, 0.5) is 0 Å². The third-order valence-corrected chi connectivity index (χ3v) is 7.32. The predicted octanol–water partition coefficient (Wildman–Crippen LogP) is 2.01. The molecule has 1 amide bonds. The number of piperidine rings is 2. The Bertz CT molecular complexity index is 759. The van der Waals surface area contributed by atoms with Gasteiger partial charge in [-0.15, -0.1) is 0 Å². The molecular weight excluding hydrogens is 392 g/mol. The number of carbonyl (C=O) groups is 1. The SMILES string of the molecule is O=C(CN1CCCCC1)N1CCCC(N2CCN(Cc3ccc4c(c3)OCO4)CC2)C1. The fourth-order valence-corrected chi connectivity index (χ4v) is 5.47. The van der Waals surface area contributed by atoms with Crippen molar-refractivity contribution in [1.29, 1.82) is 0 Å². The van der Waals surface area contributed by atoms with Crippen LogP contribution in [0.15, 0.2) is 18.2 Å². The van der Waals surface area contributed by atoms with E-state index < -0.39 is 0 Å². The Morgan fingerprint density at radius 3 is 2.52 bits per heavy atom. The van der Waals surface area contributed by atoms with Crippen molar-refractivity contribution in [2.75, 3.05) is 65.7 Å². The average Bonchev–Trinajstić information content (AvgIpc) is 3.28. The summed E-state index contributed by atoms with van der Waals surface area (Å²) in [5.41, 5.74) is 1.28. The summed E-state index contributed by atoms with van der Waals surface area (Å²) in [5.74, 6) is 2.06. The fourth-order valence-electron chi connectivity index (χ4n) is 5.47. The van der Waals surface area contributed by atoms with Crippen molar-refractivity contribution in [2.24, 2.45) is 0 Å². The molecule has 0 aromatic heterocycles. The summed E-state index contributed by atoms with van der Waals surface area (Å²) in [6, 6.07) is 6.80. The monoisotopic (exact) mass is 428 g/mol. The van der Waals surface area contributed by atoms with Crippen LogP contribution >= 0.6 is 0 Å². The van der Waals surface area contributed by atoms with Crippen molar-refractivity contribution in [3.8, 4) is 11.5 Å². The molecule has 0 radical (unpaired) electrons. The van der Waals surface area contributed by atoms with Crippen molar-refractivity contribution in [3.63, 3.8) is 0 Å². The molecule has 1 aromatic carbocycles. The summed E-state index contributed by atoms with van der Waals surface area (Å²) >= 11 is 0. The second-order valence-electron chi connectivity index (χ2n) is 9.47. The molecule has 0 bridgehead atoms. The second-order valence-corrected chi connectivity index (χ2v) is 9.47. The van der Waals surface area contributed by atoms with Gasteiger partial charge in [0.1, 0.15) is 0 Å². The van der Waals surface area contributed by atoms with E-state index in [1.807, 2.05) is 6.07 Å². The molecule has 7 nitrogen and oxygen atoms in total. The standard InChI is InChI=1S/C24H36N4O3/c29-24(18-25-8-2-1-3-9-25)28-10-4-5-21(17-28)27-13-11-26(12-14-27)16-20-6-7-22-23(15-20)31-19-30-22/h6-7,15,21H,1-5,8-14,16-19H2. The Balaban J connectivity index is 1.09. The van der Waals surface area contributed by atoms with Crippen molar-refractivity contribution < 1.29 is 14.3 Å². The highest BCUT2D eigenvalue weighted by molar-refractivity contribution is 5.78. The molecule has 5 rings (SSSR count). The molecule has 170 valence electrons. The van der Waals surface area contributed by atoms with Crippen molar-refractivity contribution in [2.45, 2.75) is 44.7 Å². The zero-order chi connectivity index (χ0) is 21.0. The molecular formula is C24H36N4O3. The number of ether oxygens (including phenoxy) is 2. The van der Waals surface area contributed by atoms with Gasteiger partial charge in [0.25, 0.3) is 0 Å². The van der Waals surface area contributed by atoms with Crippen LogP contribution in [0.1, 0.15) is 37.7 Å². The number of hydrogen-bond donors (Lipinski definition) is 0. The summed E-state index contributed by atoms with van der Waals surface area (Å²) in [5, 5.41) is 0. The van der Waals surface area contributed by atoms with Crippen LogP contribution in [0.2, 0.25) is 0 Å². The van der Waals surface area contributed by atoms with Gasteiger partial charge in [-0.2, -0.15) is 0 Å². The van der Waals surface area contributed by atoms with Gasteiger partial charge in [0, 0.05) is 51.9 Å². The minimum Gasteiger partial charge on any atom is -0.454 e. The lowest BCUT2D eigenvalue weighted by Gasteiger charge is -2.43. The molecule has 1 unspecified atom stereocenters. The number of carbonyl (C=O) groups excluding carboxylic acids is 1. The summed E-state index contributed by atoms with van der Waals surface area (Å²) in [7, 11) is 0. The van der Waals surface area contributed by atoms with E-state index in [0.29, 0.717) is 25.3 Å². The third-order valence-electron chi connectivity index (χ3n) is 7.32. The molecule has 7 heteroatoms. The van der Waals surface area contributed by atoms with Gasteiger partial charge in [0.2, 0.25) is 12.7 Å². The van der Waals surface area contributed by atoms with E-state index in [-0.39, 0.29) is 0 Å². The van der Waals surface area contributed by atoms with Gasteiger partial charge in [0.15, 0.2) is 11.5 Å². The number of piperazine rings is 1. The topological polar surface area (TPSA) is 48.5 Å². The summed E-state index contributed by atoms with van der Waals surface area (Å²) < 4.78 is 10.9. The van der Waals surface area contributed by atoms with E-state index in [4.69, 9.17) is 9.47 Å². The Morgan fingerprint density at radius 1 is 0.871 bits per heavy atom. The van der Waals surface area contributed by atoms with Crippen LogP contribution in [0.25, 0.3) is 0 Å². The summed E-state index contributed by atoms with van der Waals surface area (Å²) in [6.45, 7) is 10.3. The Labute approximate surface area is 185 Å². The van der Waals surface area contributed by atoms with E-state index in [0.717, 1.165) is 76.8 Å². The molecule has 0 aliphatic carbocycles. The zero-order valence-corrected chi connectivity index (χ0v) is 18.6. The van der Waals surface area contributed by atoms with Crippen LogP contribution < -0.4 is 9.47 Å². The van der Waals surface area contributed by atoms with Gasteiger partial charge in [-0.25, -0.2) is 0 Å². The molecule has 3 saturated heterocycles.